The van der Waals surface area contributed by atoms with Gasteiger partial charge in [0.05, 0.1) is 77.6 Å². The largest absolute Gasteiger partial charge is 0.454 e. The lowest BCUT2D eigenvalue weighted by atomic mass is 10.00. The first-order valence-corrected chi connectivity index (χ1v) is 50.0. The van der Waals surface area contributed by atoms with Crippen molar-refractivity contribution in [2.24, 2.45) is 0 Å². The van der Waals surface area contributed by atoms with Crippen LogP contribution in [0.25, 0.3) is 276 Å². The van der Waals surface area contributed by atoms with E-state index in [0.29, 0.717) is 0 Å². The van der Waals surface area contributed by atoms with Crippen LogP contribution in [0.5, 0.6) is 0 Å². The Labute approximate surface area is 839 Å². The Morgan fingerprint density at radius 2 is 0.295 bits per heavy atom. The molecule has 0 fully saturated rings. The van der Waals surface area contributed by atoms with Gasteiger partial charge in [0.2, 0.25) is 0 Å². The number of para-hydroxylation sites is 12. The summed E-state index contributed by atoms with van der Waals surface area (Å²) < 4.78 is 27.2. The molecule has 682 valence electrons. The van der Waals surface area contributed by atoms with Crippen molar-refractivity contribution in [3.8, 4) is 101 Å². The molecule has 0 bridgehead atoms. The minimum Gasteiger partial charge on any atom is -0.454 e. The standard InChI is InChI=1S/C48H30N2O.C48H32N2.C42H26N2O/c1-2-11-31(12-3-1)32-21-25-35(26-22-32)49-42-17-7-4-13-36(42)40-29-33(23-27-44(40)49)34-24-28-45-41(30-34)37-14-5-8-18-43(37)50(45)46-19-10-16-39-38-15-6-9-20-47(38)51-48(39)46;1-3-11-33(12-4-1)34-19-21-35(22-20-34)36-23-27-40(28-24-36)50-46-18-10-8-16-42(46)44-32-38(26-30-48(44)50)37-25-29-47-43(31-37)41-15-7-9-17-45(41)49(47)39-13-5-2-6-14-39;1-2-11-29(12-3-1)43-36-17-7-4-13-30(36)34-25-27(21-23-38(34)43)28-22-24-39-35(26-28)31-14-5-8-18-37(31)44(39)40-19-10-16-33-32-15-6-9-20-41(32)45-42(33)40/h1-30H;1-32H;1-26H. The van der Waals surface area contributed by atoms with Gasteiger partial charge in [-0.3, -0.25) is 0 Å². The zero-order valence-electron chi connectivity index (χ0n) is 79.3. The van der Waals surface area contributed by atoms with Crippen molar-refractivity contribution in [3.63, 3.8) is 0 Å². The number of nitrogens with zero attached hydrogens (tertiary/aromatic N) is 6. The van der Waals surface area contributed by atoms with Crippen LogP contribution in [0.15, 0.2) is 543 Å². The zero-order valence-corrected chi connectivity index (χ0v) is 79.3. The predicted octanol–water partition coefficient (Wildman–Crippen LogP) is 37.4. The minimum absolute atomic E-state index is 0.905. The lowest BCUT2D eigenvalue weighted by Crippen LogP contribution is -1.94. The van der Waals surface area contributed by atoms with Gasteiger partial charge < -0.3 is 36.2 Å². The van der Waals surface area contributed by atoms with Crippen molar-refractivity contribution in [1.82, 2.24) is 27.4 Å². The molecule has 0 radical (unpaired) electrons. The number of aromatic nitrogens is 6. The third kappa shape index (κ3) is 13.7. The van der Waals surface area contributed by atoms with Crippen LogP contribution in [0.1, 0.15) is 0 Å². The number of hydrogen-bond acceptors (Lipinski definition) is 2. The summed E-state index contributed by atoms with van der Waals surface area (Å²) in [4.78, 5) is 0. The van der Waals surface area contributed by atoms with Gasteiger partial charge in [-0.1, -0.05) is 352 Å². The fourth-order valence-electron chi connectivity index (χ4n) is 23.2. The molecule has 8 heterocycles. The molecule has 31 aromatic rings. The van der Waals surface area contributed by atoms with E-state index >= 15 is 0 Å². The quantitative estimate of drug-likeness (QED) is 0.122. The Morgan fingerprint density at radius 1 is 0.110 bits per heavy atom. The predicted molar refractivity (Wildman–Crippen MR) is 613 cm³/mol. The van der Waals surface area contributed by atoms with Gasteiger partial charge in [-0.15, -0.1) is 0 Å². The van der Waals surface area contributed by atoms with Gasteiger partial charge >= 0.3 is 0 Å². The first-order chi connectivity index (χ1) is 72.4. The van der Waals surface area contributed by atoms with Crippen molar-refractivity contribution in [3.05, 3.63) is 534 Å². The normalized spacial score (nSPS) is 11.8. The maximum absolute atomic E-state index is 6.51. The van der Waals surface area contributed by atoms with Gasteiger partial charge in [0.1, 0.15) is 11.2 Å². The summed E-state index contributed by atoms with van der Waals surface area (Å²) in [6.45, 7) is 0. The second-order valence-corrected chi connectivity index (χ2v) is 38.1. The average Bonchev–Trinajstić information content (AvgIpc) is 1.58. The SMILES string of the molecule is c1ccc(-c2ccc(-c3ccc(-n4c5ccccc5c5cc(-c6ccc7c(c6)c6ccccc6n7-c6ccccc6)ccc54)cc3)cc2)cc1.c1ccc(-c2ccc(-n3c4ccccc4c4cc(-c5ccc6c(c5)c5ccccc5n6-c5cccc6c5oc5ccccc56)ccc43)cc2)cc1.c1ccc(-n2c3ccccc3c3cc(-c4ccc5c(c4)c4ccccc4n5-c4cccc5c4oc4ccccc45)ccc32)cc1. The summed E-state index contributed by atoms with van der Waals surface area (Å²) in [5.74, 6) is 0. The van der Waals surface area contributed by atoms with Crippen molar-refractivity contribution in [1.29, 1.82) is 0 Å². The number of rotatable bonds is 12. The summed E-state index contributed by atoms with van der Waals surface area (Å²) in [6, 6.07) is 192. The highest BCUT2D eigenvalue weighted by Crippen LogP contribution is 2.47. The second-order valence-electron chi connectivity index (χ2n) is 38.1. The Morgan fingerprint density at radius 3 is 0.568 bits per heavy atom. The van der Waals surface area contributed by atoms with E-state index in [2.05, 4.69) is 537 Å². The van der Waals surface area contributed by atoms with Crippen LogP contribution in [0, 0.1) is 0 Å². The first kappa shape index (κ1) is 83.4. The molecular formula is C138H88N6O2. The van der Waals surface area contributed by atoms with Crippen LogP contribution in [-0.4, -0.2) is 27.4 Å². The van der Waals surface area contributed by atoms with Crippen molar-refractivity contribution >= 4 is 175 Å². The van der Waals surface area contributed by atoms with Gasteiger partial charge in [0.25, 0.3) is 0 Å². The molecule has 0 aliphatic rings. The van der Waals surface area contributed by atoms with Crippen LogP contribution in [0.3, 0.4) is 0 Å². The van der Waals surface area contributed by atoms with Gasteiger partial charge in [0.15, 0.2) is 11.2 Å². The molecule has 0 spiro atoms. The van der Waals surface area contributed by atoms with Gasteiger partial charge in [-0.25, -0.2) is 0 Å². The Bertz CT molecular complexity index is 10600. The van der Waals surface area contributed by atoms with E-state index in [4.69, 9.17) is 8.83 Å². The third-order valence-corrected chi connectivity index (χ3v) is 30.0. The number of fused-ring (bicyclic) bond motifs is 24. The molecule has 0 saturated heterocycles. The van der Waals surface area contributed by atoms with Crippen LogP contribution >= 0.6 is 0 Å². The van der Waals surface area contributed by atoms with Crippen molar-refractivity contribution in [2.75, 3.05) is 0 Å². The molecule has 0 aliphatic heterocycles. The van der Waals surface area contributed by atoms with Crippen LogP contribution in [0.2, 0.25) is 0 Å². The number of benzene rings is 23. The summed E-state index contributed by atoms with van der Waals surface area (Å²) in [5, 5.41) is 19.5. The molecule has 0 unspecified atom stereocenters. The molecule has 0 aliphatic carbocycles. The molecule has 0 atom stereocenters. The molecule has 8 aromatic heterocycles. The molecule has 0 saturated carbocycles. The van der Waals surface area contributed by atoms with E-state index in [0.717, 1.165) is 83.2 Å². The summed E-state index contributed by atoms with van der Waals surface area (Å²) >= 11 is 0. The number of hydrogen-bond donors (Lipinski definition) is 0. The van der Waals surface area contributed by atoms with Gasteiger partial charge in [-0.2, -0.15) is 0 Å². The third-order valence-electron chi connectivity index (χ3n) is 30.0. The lowest BCUT2D eigenvalue weighted by Gasteiger charge is -2.11. The van der Waals surface area contributed by atoms with Crippen LogP contribution < -0.4 is 0 Å². The molecule has 8 heteroatoms. The fraction of sp³-hybridized carbons (Fsp3) is 0. The highest BCUT2D eigenvalue weighted by molar-refractivity contribution is 6.19. The first-order valence-electron chi connectivity index (χ1n) is 50.0. The summed E-state index contributed by atoms with van der Waals surface area (Å²) in [5.41, 5.74) is 39.3. The van der Waals surface area contributed by atoms with E-state index in [9.17, 15) is 0 Å². The zero-order chi connectivity index (χ0) is 96.0. The fourth-order valence-corrected chi connectivity index (χ4v) is 23.2. The maximum atomic E-state index is 6.51. The minimum atomic E-state index is 0.905. The van der Waals surface area contributed by atoms with Crippen molar-refractivity contribution < 1.29 is 8.83 Å². The monoisotopic (exact) mass is 1860 g/mol. The van der Waals surface area contributed by atoms with E-state index in [1.54, 1.807) is 0 Å². The Balaban J connectivity index is 0.000000104. The summed E-state index contributed by atoms with van der Waals surface area (Å²) in [6.07, 6.45) is 0. The summed E-state index contributed by atoms with van der Waals surface area (Å²) in [7, 11) is 0. The van der Waals surface area contributed by atoms with Crippen LogP contribution in [0.4, 0.5) is 0 Å². The molecule has 8 nitrogen and oxygen atoms in total. The molecular weight excluding hydrogens is 1770 g/mol. The smallest absolute Gasteiger partial charge is 0.159 e. The molecule has 23 aromatic carbocycles. The molecule has 146 heavy (non-hydrogen) atoms. The second kappa shape index (κ2) is 34.2. The Kier molecular flexibility index (Phi) is 19.5. The molecule has 0 N–H and O–H groups in total. The highest BCUT2D eigenvalue weighted by atomic mass is 16.3. The van der Waals surface area contributed by atoms with Gasteiger partial charge in [-0.05, 0) is 249 Å². The Hall–Kier alpha value is -19.5. The van der Waals surface area contributed by atoms with E-state index in [1.165, 1.54) is 192 Å². The van der Waals surface area contributed by atoms with E-state index in [1.807, 2.05) is 24.3 Å². The topological polar surface area (TPSA) is 55.9 Å². The number of furan rings is 2. The highest BCUT2D eigenvalue weighted by Gasteiger charge is 2.25. The van der Waals surface area contributed by atoms with E-state index < -0.39 is 0 Å². The molecule has 31 rings (SSSR count). The lowest BCUT2D eigenvalue weighted by molar-refractivity contribution is 0.666. The van der Waals surface area contributed by atoms with E-state index in [-0.39, 0.29) is 0 Å². The average molecular weight is 1860 g/mol. The van der Waals surface area contributed by atoms with Crippen LogP contribution in [-0.2, 0) is 0 Å². The maximum Gasteiger partial charge on any atom is 0.159 e. The van der Waals surface area contributed by atoms with Crippen molar-refractivity contribution in [2.45, 2.75) is 0 Å². The molecule has 0 amide bonds. The van der Waals surface area contributed by atoms with Gasteiger partial charge in [0, 0.05) is 109 Å².